The second kappa shape index (κ2) is 9.58. The number of amides is 2. The number of imide groups is 1. The fourth-order valence-corrected chi connectivity index (χ4v) is 1.24. The largest absolute Gasteiger partial charge is 0.277 e. The lowest BCUT2D eigenvalue weighted by Crippen LogP contribution is -2.24. The maximum Gasteiger partial charge on any atom is 0.261 e. The number of nitrogens with zero attached hydrogens (tertiary/aromatic N) is 1. The molecule has 1 aliphatic heterocycles. The highest BCUT2D eigenvalue weighted by Gasteiger charge is 2.34. The van der Waals surface area contributed by atoms with Gasteiger partial charge in [0, 0.05) is 12.6 Å². The molecule has 0 bridgehead atoms. The van der Waals surface area contributed by atoms with Crippen molar-refractivity contribution in [3.8, 4) is 0 Å². The molecular formula is C14H23NO2. The first kappa shape index (κ1) is 17.7. The Morgan fingerprint density at radius 1 is 1.00 bits per heavy atom. The summed E-state index contributed by atoms with van der Waals surface area (Å²) in [7, 11) is 1.47. The van der Waals surface area contributed by atoms with Gasteiger partial charge in [0.15, 0.2) is 0 Å². The van der Waals surface area contributed by atoms with Crippen LogP contribution in [0.25, 0.3) is 0 Å². The van der Waals surface area contributed by atoms with Gasteiger partial charge in [0.25, 0.3) is 11.8 Å². The summed E-state index contributed by atoms with van der Waals surface area (Å²) in [5, 5.41) is 0. The van der Waals surface area contributed by atoms with Crippen LogP contribution in [0.15, 0.2) is 36.0 Å². The van der Waals surface area contributed by atoms with Gasteiger partial charge in [-0.3, -0.25) is 14.5 Å². The number of carbonyl (C=O) groups excluding carboxylic acids is 2. The molecule has 3 heteroatoms. The molecule has 0 aromatic rings. The minimum atomic E-state index is -0.266. The molecule has 1 heterocycles. The summed E-state index contributed by atoms with van der Waals surface area (Å²) >= 11 is 0. The van der Waals surface area contributed by atoms with Crippen molar-refractivity contribution in [2.75, 3.05) is 7.05 Å². The Morgan fingerprint density at radius 2 is 1.41 bits per heavy atom. The van der Waals surface area contributed by atoms with Gasteiger partial charge in [0.1, 0.15) is 0 Å². The minimum absolute atomic E-state index is 0.249. The van der Waals surface area contributed by atoms with E-state index in [1.54, 1.807) is 19.1 Å². The molecule has 0 aromatic carbocycles. The van der Waals surface area contributed by atoms with Gasteiger partial charge >= 0.3 is 0 Å². The molecule has 2 amide bonds. The Bertz CT molecular complexity index is 338. The van der Waals surface area contributed by atoms with Gasteiger partial charge in [-0.1, -0.05) is 46.4 Å². The molecule has 0 radical (unpaired) electrons. The molecule has 0 spiro atoms. The van der Waals surface area contributed by atoms with Crippen molar-refractivity contribution in [2.24, 2.45) is 0 Å². The lowest BCUT2D eigenvalue weighted by atomic mass is 10.1. The molecule has 1 aliphatic rings. The predicted molar refractivity (Wildman–Crippen MR) is 72.5 cm³/mol. The van der Waals surface area contributed by atoms with Crippen LogP contribution >= 0.6 is 0 Å². The SMILES string of the molecule is C=C/C=C1/C(=O)N(C)C(=O)/C1=C/C.CC.CC. The first-order chi connectivity index (χ1) is 8.13. The Balaban J connectivity index is 0. The number of likely N-dealkylation sites (N-methyl/N-ethyl adjacent to an activating group) is 1. The highest BCUT2D eigenvalue weighted by atomic mass is 16.2. The van der Waals surface area contributed by atoms with Crippen LogP contribution in [-0.4, -0.2) is 23.8 Å². The van der Waals surface area contributed by atoms with Crippen LogP contribution in [0.1, 0.15) is 34.6 Å². The van der Waals surface area contributed by atoms with E-state index >= 15 is 0 Å². The molecular weight excluding hydrogens is 214 g/mol. The number of carbonyl (C=O) groups is 2. The van der Waals surface area contributed by atoms with Gasteiger partial charge in [0.2, 0.25) is 0 Å². The zero-order valence-electron chi connectivity index (χ0n) is 11.7. The number of allylic oxidation sites excluding steroid dienone is 3. The Morgan fingerprint density at radius 3 is 1.76 bits per heavy atom. The molecule has 3 nitrogen and oxygen atoms in total. The smallest absolute Gasteiger partial charge is 0.261 e. The van der Waals surface area contributed by atoms with Gasteiger partial charge in [0.05, 0.1) is 5.57 Å². The Labute approximate surface area is 105 Å². The van der Waals surface area contributed by atoms with E-state index in [2.05, 4.69) is 6.58 Å². The van der Waals surface area contributed by atoms with Gasteiger partial charge < -0.3 is 0 Å². The fraction of sp³-hybridized carbons (Fsp3) is 0.429. The quantitative estimate of drug-likeness (QED) is 0.519. The third-order valence-electron chi connectivity index (χ3n) is 1.93. The van der Waals surface area contributed by atoms with E-state index in [1.165, 1.54) is 13.1 Å². The number of hydrogen-bond donors (Lipinski definition) is 0. The van der Waals surface area contributed by atoms with E-state index < -0.39 is 0 Å². The van der Waals surface area contributed by atoms with Crippen molar-refractivity contribution in [1.29, 1.82) is 0 Å². The molecule has 0 aliphatic carbocycles. The maximum atomic E-state index is 11.4. The molecule has 1 rings (SSSR count). The Kier molecular flexibility index (Phi) is 10.00. The first-order valence-corrected chi connectivity index (χ1v) is 5.95. The van der Waals surface area contributed by atoms with Crippen LogP contribution in [0, 0.1) is 0 Å². The second-order valence-corrected chi connectivity index (χ2v) is 2.69. The lowest BCUT2D eigenvalue weighted by Gasteiger charge is -2.01. The molecule has 0 aromatic heterocycles. The molecule has 0 saturated carbocycles. The van der Waals surface area contributed by atoms with Crippen molar-refractivity contribution < 1.29 is 9.59 Å². The molecule has 1 fully saturated rings. The molecule has 17 heavy (non-hydrogen) atoms. The summed E-state index contributed by atoms with van der Waals surface area (Å²) < 4.78 is 0. The van der Waals surface area contributed by atoms with Crippen LogP contribution in [0.3, 0.4) is 0 Å². The predicted octanol–water partition coefficient (Wildman–Crippen LogP) is 3.10. The molecule has 0 unspecified atom stereocenters. The lowest BCUT2D eigenvalue weighted by molar-refractivity contribution is -0.134. The van der Waals surface area contributed by atoms with Crippen LogP contribution < -0.4 is 0 Å². The molecule has 1 saturated heterocycles. The van der Waals surface area contributed by atoms with Crippen molar-refractivity contribution in [3.63, 3.8) is 0 Å². The Hall–Kier alpha value is -1.64. The third-order valence-corrected chi connectivity index (χ3v) is 1.93. The number of rotatable bonds is 1. The normalized spacial score (nSPS) is 18.6. The average molecular weight is 237 g/mol. The zero-order chi connectivity index (χ0) is 14.0. The van der Waals surface area contributed by atoms with Crippen molar-refractivity contribution in [3.05, 3.63) is 36.0 Å². The molecule has 0 atom stereocenters. The van der Waals surface area contributed by atoms with Crippen molar-refractivity contribution in [1.82, 2.24) is 4.90 Å². The highest BCUT2D eigenvalue weighted by molar-refractivity contribution is 6.24. The van der Waals surface area contributed by atoms with Gasteiger partial charge in [-0.25, -0.2) is 0 Å². The fourth-order valence-electron chi connectivity index (χ4n) is 1.24. The second-order valence-electron chi connectivity index (χ2n) is 2.69. The highest BCUT2D eigenvalue weighted by Crippen LogP contribution is 2.23. The summed E-state index contributed by atoms with van der Waals surface area (Å²) in [6.07, 6.45) is 4.70. The van der Waals surface area contributed by atoms with Crippen LogP contribution in [0.5, 0.6) is 0 Å². The maximum absolute atomic E-state index is 11.4. The van der Waals surface area contributed by atoms with E-state index in [0.717, 1.165) is 4.90 Å². The zero-order valence-corrected chi connectivity index (χ0v) is 11.7. The van der Waals surface area contributed by atoms with Crippen molar-refractivity contribution >= 4 is 11.8 Å². The average Bonchev–Trinajstić information content (AvgIpc) is 2.59. The minimum Gasteiger partial charge on any atom is -0.277 e. The van der Waals surface area contributed by atoms with Gasteiger partial charge in [-0.05, 0) is 13.0 Å². The number of likely N-dealkylation sites (tertiary alicyclic amines) is 1. The summed E-state index contributed by atoms with van der Waals surface area (Å²) in [4.78, 5) is 23.9. The van der Waals surface area contributed by atoms with Crippen LogP contribution in [-0.2, 0) is 9.59 Å². The van der Waals surface area contributed by atoms with Crippen molar-refractivity contribution in [2.45, 2.75) is 34.6 Å². The third kappa shape index (κ3) is 4.02. The molecule has 0 N–H and O–H groups in total. The van der Waals surface area contributed by atoms with E-state index in [0.29, 0.717) is 11.1 Å². The van der Waals surface area contributed by atoms with Crippen LogP contribution in [0.4, 0.5) is 0 Å². The summed E-state index contributed by atoms with van der Waals surface area (Å²) in [5.74, 6) is -0.515. The van der Waals surface area contributed by atoms with Gasteiger partial charge in [-0.2, -0.15) is 0 Å². The summed E-state index contributed by atoms with van der Waals surface area (Å²) in [6, 6.07) is 0. The van der Waals surface area contributed by atoms with E-state index in [1.807, 2.05) is 27.7 Å². The van der Waals surface area contributed by atoms with E-state index in [9.17, 15) is 9.59 Å². The number of hydrogen-bond acceptors (Lipinski definition) is 2. The summed E-state index contributed by atoms with van der Waals surface area (Å²) in [5.41, 5.74) is 0.873. The van der Waals surface area contributed by atoms with E-state index in [-0.39, 0.29) is 11.8 Å². The monoisotopic (exact) mass is 237 g/mol. The van der Waals surface area contributed by atoms with Gasteiger partial charge in [-0.15, -0.1) is 0 Å². The molecule has 96 valence electrons. The standard InChI is InChI=1S/C10H11NO2.2C2H6/c1-4-6-8-7(5-2)9(12)11(3)10(8)13;2*1-2/h4-6H,1H2,2-3H3;2*1-2H3/b7-5+,8-6+;;. The first-order valence-electron chi connectivity index (χ1n) is 5.95. The van der Waals surface area contributed by atoms with E-state index in [4.69, 9.17) is 0 Å². The summed E-state index contributed by atoms with van der Waals surface area (Å²) in [6.45, 7) is 13.2. The topological polar surface area (TPSA) is 37.4 Å². The van der Waals surface area contributed by atoms with Crippen LogP contribution in [0.2, 0.25) is 0 Å².